The number of carbonyl (C=O) groups is 2. The van der Waals surface area contributed by atoms with Crippen LogP contribution in [0.4, 0.5) is 11.4 Å². The zero-order valence-electron chi connectivity index (χ0n) is 14.0. The largest absolute Gasteiger partial charge is 0.381 e. The van der Waals surface area contributed by atoms with Gasteiger partial charge >= 0.3 is 0 Å². The quantitative estimate of drug-likeness (QED) is 0.896. The molecule has 24 heavy (non-hydrogen) atoms. The molecule has 1 N–H and O–H groups in total. The lowest BCUT2D eigenvalue weighted by Crippen LogP contribution is -2.36. The van der Waals surface area contributed by atoms with Crippen LogP contribution in [0.1, 0.15) is 19.8 Å². The Morgan fingerprint density at radius 2 is 1.88 bits per heavy atom. The third kappa shape index (κ3) is 3.76. The molecule has 0 radical (unpaired) electrons. The van der Waals surface area contributed by atoms with Gasteiger partial charge in [-0.3, -0.25) is 9.59 Å². The molecular formula is C18H24N2O4. The molecule has 2 fully saturated rings. The lowest BCUT2D eigenvalue weighted by atomic mass is 10.1. The molecule has 0 spiro atoms. The Morgan fingerprint density at radius 3 is 2.50 bits per heavy atom. The number of anilines is 2. The summed E-state index contributed by atoms with van der Waals surface area (Å²) < 4.78 is 10.6. The molecular weight excluding hydrogens is 308 g/mol. The first-order valence-electron chi connectivity index (χ1n) is 8.57. The number of amides is 2. The van der Waals surface area contributed by atoms with Gasteiger partial charge in [0, 0.05) is 31.1 Å². The number of nitrogens with zero attached hydrogens (tertiary/aromatic N) is 1. The van der Waals surface area contributed by atoms with Crippen LogP contribution in [0.3, 0.4) is 0 Å². The van der Waals surface area contributed by atoms with Gasteiger partial charge in [0.05, 0.1) is 25.0 Å². The van der Waals surface area contributed by atoms with Crippen molar-refractivity contribution in [1.82, 2.24) is 0 Å². The van der Waals surface area contributed by atoms with Crippen molar-refractivity contribution >= 4 is 23.2 Å². The van der Waals surface area contributed by atoms with Gasteiger partial charge in [0.25, 0.3) is 0 Å². The molecule has 0 bridgehead atoms. The molecule has 2 saturated heterocycles. The summed E-state index contributed by atoms with van der Waals surface area (Å²) in [6.45, 7) is 4.80. The minimum absolute atomic E-state index is 0.0248. The molecule has 6 heteroatoms. The predicted octanol–water partition coefficient (Wildman–Crippen LogP) is 2.05. The maximum atomic E-state index is 12.7. The molecule has 0 aliphatic carbocycles. The van der Waals surface area contributed by atoms with Crippen LogP contribution in [0.15, 0.2) is 24.3 Å². The molecule has 2 aliphatic heterocycles. The zero-order chi connectivity index (χ0) is 16.9. The second-order valence-corrected chi connectivity index (χ2v) is 6.24. The molecule has 2 amide bonds. The van der Waals surface area contributed by atoms with Crippen molar-refractivity contribution in [3.05, 3.63) is 24.3 Å². The summed E-state index contributed by atoms with van der Waals surface area (Å²) in [5.74, 6) is -0.0991. The van der Waals surface area contributed by atoms with Gasteiger partial charge in [-0.25, -0.2) is 0 Å². The van der Waals surface area contributed by atoms with Crippen molar-refractivity contribution in [3.8, 4) is 0 Å². The number of carbonyl (C=O) groups excluding carboxylic acids is 2. The molecule has 3 rings (SSSR count). The highest BCUT2D eigenvalue weighted by atomic mass is 16.5. The second-order valence-electron chi connectivity index (χ2n) is 6.24. The van der Waals surface area contributed by atoms with E-state index in [0.717, 1.165) is 18.5 Å². The van der Waals surface area contributed by atoms with Crippen LogP contribution in [-0.4, -0.2) is 44.8 Å². The van der Waals surface area contributed by atoms with Gasteiger partial charge in [-0.05, 0) is 38.0 Å². The molecule has 2 heterocycles. The Kier molecular flexibility index (Phi) is 5.48. The molecule has 0 unspecified atom stereocenters. The van der Waals surface area contributed by atoms with E-state index in [2.05, 4.69) is 5.32 Å². The van der Waals surface area contributed by atoms with Crippen molar-refractivity contribution in [2.45, 2.75) is 19.8 Å². The lowest BCUT2D eigenvalue weighted by molar-refractivity contribution is -0.122. The van der Waals surface area contributed by atoms with E-state index >= 15 is 0 Å². The molecule has 6 nitrogen and oxygen atoms in total. The normalized spacial score (nSPS) is 23.2. The number of rotatable bonds is 5. The second kappa shape index (κ2) is 7.77. The van der Waals surface area contributed by atoms with Gasteiger partial charge in [-0.15, -0.1) is 0 Å². The van der Waals surface area contributed by atoms with Gasteiger partial charge < -0.3 is 19.7 Å². The average molecular weight is 332 g/mol. The van der Waals surface area contributed by atoms with Crippen molar-refractivity contribution in [1.29, 1.82) is 0 Å². The monoisotopic (exact) mass is 332 g/mol. The summed E-state index contributed by atoms with van der Waals surface area (Å²) in [5, 5.41) is 2.93. The van der Waals surface area contributed by atoms with Crippen LogP contribution in [0.25, 0.3) is 0 Å². The number of benzene rings is 1. The fourth-order valence-corrected chi connectivity index (χ4v) is 3.15. The van der Waals surface area contributed by atoms with E-state index in [1.165, 1.54) is 0 Å². The minimum atomic E-state index is -0.0896. The maximum Gasteiger partial charge on any atom is 0.232 e. The maximum absolute atomic E-state index is 12.7. The first-order valence-corrected chi connectivity index (χ1v) is 8.57. The molecule has 2 atom stereocenters. The van der Waals surface area contributed by atoms with Gasteiger partial charge in [0.1, 0.15) is 0 Å². The standard InChI is InChI=1S/C18H24N2O4/c1-2-20(18(22)14-7-9-24-12-14)16-5-3-4-15(10-16)19-17(21)13-6-8-23-11-13/h3-5,10,13-14H,2,6-9,11-12H2,1H3,(H,19,21)/t13-,14-/m0/s1. The summed E-state index contributed by atoms with van der Waals surface area (Å²) in [6, 6.07) is 7.45. The summed E-state index contributed by atoms with van der Waals surface area (Å²) in [4.78, 5) is 26.6. The van der Waals surface area contributed by atoms with E-state index in [0.29, 0.717) is 38.7 Å². The summed E-state index contributed by atoms with van der Waals surface area (Å²) in [6.07, 6.45) is 1.53. The third-order valence-electron chi connectivity index (χ3n) is 4.59. The summed E-state index contributed by atoms with van der Waals surface area (Å²) >= 11 is 0. The predicted molar refractivity (Wildman–Crippen MR) is 91.0 cm³/mol. The van der Waals surface area contributed by atoms with Crippen molar-refractivity contribution in [2.75, 3.05) is 43.2 Å². The highest BCUT2D eigenvalue weighted by Gasteiger charge is 2.28. The van der Waals surface area contributed by atoms with Gasteiger partial charge in [0.2, 0.25) is 11.8 Å². The topological polar surface area (TPSA) is 67.9 Å². The molecule has 1 aromatic carbocycles. The fraction of sp³-hybridized carbons (Fsp3) is 0.556. The fourth-order valence-electron chi connectivity index (χ4n) is 3.15. The third-order valence-corrected chi connectivity index (χ3v) is 4.59. The van der Waals surface area contributed by atoms with Crippen LogP contribution in [0.2, 0.25) is 0 Å². The van der Waals surface area contributed by atoms with Crippen LogP contribution in [0, 0.1) is 11.8 Å². The molecule has 1 aromatic rings. The van der Waals surface area contributed by atoms with E-state index in [-0.39, 0.29) is 23.7 Å². The Balaban J connectivity index is 1.70. The first-order chi connectivity index (χ1) is 11.7. The van der Waals surface area contributed by atoms with Crippen LogP contribution in [-0.2, 0) is 19.1 Å². The highest BCUT2D eigenvalue weighted by Crippen LogP contribution is 2.24. The lowest BCUT2D eigenvalue weighted by Gasteiger charge is -2.24. The number of nitrogens with one attached hydrogen (secondary N) is 1. The number of ether oxygens (including phenoxy) is 2. The van der Waals surface area contributed by atoms with E-state index in [9.17, 15) is 9.59 Å². The Hall–Kier alpha value is -1.92. The van der Waals surface area contributed by atoms with Gasteiger partial charge in [-0.2, -0.15) is 0 Å². The van der Waals surface area contributed by atoms with E-state index in [1.54, 1.807) is 4.90 Å². The molecule has 2 aliphatic rings. The average Bonchev–Trinajstić information content (AvgIpc) is 3.29. The van der Waals surface area contributed by atoms with Crippen molar-refractivity contribution in [3.63, 3.8) is 0 Å². The van der Waals surface area contributed by atoms with Gasteiger partial charge in [-0.1, -0.05) is 6.07 Å². The number of hydrogen-bond donors (Lipinski definition) is 1. The minimum Gasteiger partial charge on any atom is -0.381 e. The summed E-state index contributed by atoms with van der Waals surface area (Å²) in [5.41, 5.74) is 1.51. The molecule has 0 saturated carbocycles. The highest BCUT2D eigenvalue weighted by molar-refractivity contribution is 5.97. The van der Waals surface area contributed by atoms with E-state index < -0.39 is 0 Å². The van der Waals surface area contributed by atoms with Crippen LogP contribution in [0.5, 0.6) is 0 Å². The Bertz CT molecular complexity index is 592. The number of hydrogen-bond acceptors (Lipinski definition) is 4. The summed E-state index contributed by atoms with van der Waals surface area (Å²) in [7, 11) is 0. The smallest absolute Gasteiger partial charge is 0.232 e. The molecule has 130 valence electrons. The van der Waals surface area contributed by atoms with Crippen LogP contribution >= 0.6 is 0 Å². The Labute approximate surface area is 142 Å². The first kappa shape index (κ1) is 16.9. The van der Waals surface area contributed by atoms with Crippen LogP contribution < -0.4 is 10.2 Å². The van der Waals surface area contributed by atoms with Crippen molar-refractivity contribution < 1.29 is 19.1 Å². The van der Waals surface area contributed by atoms with Gasteiger partial charge in [0.15, 0.2) is 0 Å². The Morgan fingerprint density at radius 1 is 1.17 bits per heavy atom. The van der Waals surface area contributed by atoms with E-state index in [4.69, 9.17) is 9.47 Å². The molecule has 0 aromatic heterocycles. The van der Waals surface area contributed by atoms with E-state index in [1.807, 2.05) is 31.2 Å². The zero-order valence-corrected chi connectivity index (χ0v) is 14.0. The SMILES string of the molecule is CCN(C(=O)[C@H]1CCOC1)c1cccc(NC(=O)[C@H]2CCOC2)c1. The van der Waals surface area contributed by atoms with Crippen molar-refractivity contribution in [2.24, 2.45) is 11.8 Å².